The zero-order valence-electron chi connectivity index (χ0n) is 10.2. The van der Waals surface area contributed by atoms with Crippen LogP contribution < -0.4 is 0 Å². The van der Waals surface area contributed by atoms with E-state index in [2.05, 4.69) is 12.1 Å². The average molecular weight is 233 g/mol. The van der Waals surface area contributed by atoms with Crippen molar-refractivity contribution >= 4 is 5.91 Å². The number of amides is 1. The Kier molecular flexibility index (Phi) is 3.79. The van der Waals surface area contributed by atoms with Gasteiger partial charge in [0.1, 0.15) is 0 Å². The van der Waals surface area contributed by atoms with Gasteiger partial charge in [0.15, 0.2) is 0 Å². The molecule has 1 amide bonds. The number of nitrogens with zero attached hydrogens (tertiary/aromatic N) is 1. The molecule has 1 unspecified atom stereocenters. The van der Waals surface area contributed by atoms with Crippen LogP contribution in [0.25, 0.3) is 0 Å². The maximum Gasteiger partial charge on any atom is 0.222 e. The van der Waals surface area contributed by atoms with E-state index in [1.165, 1.54) is 11.1 Å². The van der Waals surface area contributed by atoms with E-state index < -0.39 is 6.10 Å². The van der Waals surface area contributed by atoms with Crippen molar-refractivity contribution in [3.8, 4) is 0 Å². The number of rotatable bonds is 3. The Labute approximate surface area is 102 Å². The molecular weight excluding hydrogens is 214 g/mol. The fourth-order valence-corrected chi connectivity index (χ4v) is 2.20. The number of fused-ring (bicyclic) bond motifs is 1. The molecule has 1 aliphatic heterocycles. The molecule has 0 radical (unpaired) electrons. The van der Waals surface area contributed by atoms with E-state index in [9.17, 15) is 9.90 Å². The molecule has 1 aliphatic rings. The van der Waals surface area contributed by atoms with Gasteiger partial charge in [-0.3, -0.25) is 4.79 Å². The first-order chi connectivity index (χ1) is 8.16. The molecule has 0 aliphatic carbocycles. The molecule has 0 spiro atoms. The normalized spacial score (nSPS) is 16.5. The van der Waals surface area contributed by atoms with Gasteiger partial charge in [-0.1, -0.05) is 24.3 Å². The highest BCUT2D eigenvalue weighted by Gasteiger charge is 2.20. The molecular formula is C14H19NO2. The van der Waals surface area contributed by atoms with Crippen LogP contribution in [0.1, 0.15) is 30.9 Å². The van der Waals surface area contributed by atoms with E-state index >= 15 is 0 Å². The third-order valence-corrected chi connectivity index (χ3v) is 3.26. The maximum absolute atomic E-state index is 11.9. The molecule has 3 heteroatoms. The van der Waals surface area contributed by atoms with Crippen LogP contribution in [0.5, 0.6) is 0 Å². The van der Waals surface area contributed by atoms with Crippen molar-refractivity contribution in [2.24, 2.45) is 0 Å². The Morgan fingerprint density at radius 3 is 2.82 bits per heavy atom. The van der Waals surface area contributed by atoms with Crippen LogP contribution in [-0.4, -0.2) is 28.6 Å². The van der Waals surface area contributed by atoms with Crippen LogP contribution >= 0.6 is 0 Å². The fourth-order valence-electron chi connectivity index (χ4n) is 2.20. The lowest BCUT2D eigenvalue weighted by Gasteiger charge is -2.29. The largest absolute Gasteiger partial charge is 0.393 e. The number of carbonyl (C=O) groups is 1. The van der Waals surface area contributed by atoms with Crippen LogP contribution in [0.3, 0.4) is 0 Å². The molecule has 1 heterocycles. The molecule has 0 saturated heterocycles. The van der Waals surface area contributed by atoms with Crippen molar-refractivity contribution in [1.82, 2.24) is 4.90 Å². The second-order valence-corrected chi connectivity index (χ2v) is 4.72. The molecule has 1 aromatic rings. The number of benzene rings is 1. The lowest BCUT2D eigenvalue weighted by atomic mass is 9.99. The SMILES string of the molecule is CC(O)CCC(=O)N1CCc2ccccc2C1. The molecule has 92 valence electrons. The van der Waals surface area contributed by atoms with Gasteiger partial charge < -0.3 is 10.0 Å². The van der Waals surface area contributed by atoms with E-state index in [-0.39, 0.29) is 5.91 Å². The lowest BCUT2D eigenvalue weighted by Crippen LogP contribution is -2.36. The van der Waals surface area contributed by atoms with Gasteiger partial charge in [-0.05, 0) is 30.9 Å². The summed E-state index contributed by atoms with van der Waals surface area (Å²) in [6, 6.07) is 8.28. The maximum atomic E-state index is 11.9. The number of carbonyl (C=O) groups excluding carboxylic acids is 1. The van der Waals surface area contributed by atoms with Gasteiger partial charge in [0.2, 0.25) is 5.91 Å². The lowest BCUT2D eigenvalue weighted by molar-refractivity contribution is -0.132. The van der Waals surface area contributed by atoms with E-state index in [0.717, 1.165) is 19.5 Å². The highest BCUT2D eigenvalue weighted by atomic mass is 16.3. The van der Waals surface area contributed by atoms with Crippen molar-refractivity contribution in [2.75, 3.05) is 6.54 Å². The average Bonchev–Trinajstić information content (AvgIpc) is 2.35. The summed E-state index contributed by atoms with van der Waals surface area (Å²) < 4.78 is 0. The minimum absolute atomic E-state index is 0.153. The van der Waals surface area contributed by atoms with E-state index in [1.54, 1.807) is 6.92 Å². The van der Waals surface area contributed by atoms with Crippen molar-refractivity contribution in [3.63, 3.8) is 0 Å². The molecule has 2 rings (SSSR count). The van der Waals surface area contributed by atoms with Gasteiger partial charge in [-0.15, -0.1) is 0 Å². The highest BCUT2D eigenvalue weighted by Crippen LogP contribution is 2.19. The zero-order valence-corrected chi connectivity index (χ0v) is 10.2. The second-order valence-electron chi connectivity index (χ2n) is 4.72. The van der Waals surface area contributed by atoms with Gasteiger partial charge in [0.05, 0.1) is 6.10 Å². The molecule has 1 aromatic carbocycles. The second kappa shape index (κ2) is 5.32. The van der Waals surface area contributed by atoms with Crippen molar-refractivity contribution in [2.45, 2.75) is 38.8 Å². The zero-order chi connectivity index (χ0) is 12.3. The Morgan fingerprint density at radius 2 is 2.12 bits per heavy atom. The first-order valence-corrected chi connectivity index (χ1v) is 6.19. The van der Waals surface area contributed by atoms with Crippen molar-refractivity contribution in [1.29, 1.82) is 0 Å². The predicted molar refractivity (Wildman–Crippen MR) is 66.5 cm³/mol. The van der Waals surface area contributed by atoms with E-state index in [0.29, 0.717) is 12.8 Å². The monoisotopic (exact) mass is 233 g/mol. The molecule has 0 fully saturated rings. The van der Waals surface area contributed by atoms with Gasteiger partial charge in [0, 0.05) is 19.5 Å². The summed E-state index contributed by atoms with van der Waals surface area (Å²) >= 11 is 0. The molecule has 0 bridgehead atoms. The van der Waals surface area contributed by atoms with Crippen LogP contribution in [0.15, 0.2) is 24.3 Å². The highest BCUT2D eigenvalue weighted by molar-refractivity contribution is 5.76. The first kappa shape index (κ1) is 12.1. The van der Waals surface area contributed by atoms with Crippen LogP contribution in [0.4, 0.5) is 0 Å². The fraction of sp³-hybridized carbons (Fsp3) is 0.500. The van der Waals surface area contributed by atoms with Crippen LogP contribution in [0.2, 0.25) is 0 Å². The summed E-state index contributed by atoms with van der Waals surface area (Å²) in [5.41, 5.74) is 2.61. The third kappa shape index (κ3) is 3.07. The summed E-state index contributed by atoms with van der Waals surface area (Å²) in [5.74, 6) is 0.153. The molecule has 0 aromatic heterocycles. The molecule has 3 nitrogen and oxygen atoms in total. The molecule has 1 N–H and O–H groups in total. The topological polar surface area (TPSA) is 40.5 Å². The molecule has 17 heavy (non-hydrogen) atoms. The van der Waals surface area contributed by atoms with E-state index in [1.807, 2.05) is 17.0 Å². The summed E-state index contributed by atoms with van der Waals surface area (Å²) in [5, 5.41) is 9.19. The van der Waals surface area contributed by atoms with Crippen LogP contribution in [0, 0.1) is 0 Å². The Hall–Kier alpha value is -1.35. The number of aliphatic hydroxyl groups excluding tert-OH is 1. The smallest absolute Gasteiger partial charge is 0.222 e. The van der Waals surface area contributed by atoms with Gasteiger partial charge in [0.25, 0.3) is 0 Å². The Balaban J connectivity index is 1.95. The Morgan fingerprint density at radius 1 is 1.41 bits per heavy atom. The standard InChI is InChI=1S/C14H19NO2/c1-11(16)6-7-14(17)15-9-8-12-4-2-3-5-13(12)10-15/h2-5,11,16H,6-10H2,1H3. The summed E-state index contributed by atoms with van der Waals surface area (Å²) in [7, 11) is 0. The number of aliphatic hydroxyl groups is 1. The number of hydrogen-bond acceptors (Lipinski definition) is 2. The minimum Gasteiger partial charge on any atom is -0.393 e. The van der Waals surface area contributed by atoms with Crippen molar-refractivity contribution < 1.29 is 9.90 Å². The first-order valence-electron chi connectivity index (χ1n) is 6.19. The minimum atomic E-state index is -0.393. The summed E-state index contributed by atoms with van der Waals surface area (Å²) in [6.45, 7) is 3.24. The molecule has 1 atom stereocenters. The van der Waals surface area contributed by atoms with Gasteiger partial charge >= 0.3 is 0 Å². The van der Waals surface area contributed by atoms with Crippen molar-refractivity contribution in [3.05, 3.63) is 35.4 Å². The van der Waals surface area contributed by atoms with E-state index in [4.69, 9.17) is 0 Å². The quantitative estimate of drug-likeness (QED) is 0.863. The van der Waals surface area contributed by atoms with Crippen LogP contribution in [-0.2, 0) is 17.8 Å². The summed E-state index contributed by atoms with van der Waals surface area (Å²) in [6.07, 6.45) is 1.55. The number of hydrogen-bond donors (Lipinski definition) is 1. The predicted octanol–water partition coefficient (Wildman–Crippen LogP) is 1.73. The summed E-state index contributed by atoms with van der Waals surface area (Å²) in [4.78, 5) is 13.8. The molecule has 0 saturated carbocycles. The Bertz CT molecular complexity index is 401. The van der Waals surface area contributed by atoms with Gasteiger partial charge in [-0.2, -0.15) is 0 Å². The van der Waals surface area contributed by atoms with Gasteiger partial charge in [-0.25, -0.2) is 0 Å². The third-order valence-electron chi connectivity index (χ3n) is 3.26.